The molecule has 1 aromatic carbocycles. The minimum Gasteiger partial charge on any atom is -0.268 e. The lowest BCUT2D eigenvalue weighted by Crippen LogP contribution is -1.99. The summed E-state index contributed by atoms with van der Waals surface area (Å²) in [5.41, 5.74) is 4.70. The van der Waals surface area contributed by atoms with E-state index in [1.54, 1.807) is 0 Å². The lowest BCUT2D eigenvalue weighted by molar-refractivity contribution is 0.686. The predicted molar refractivity (Wildman–Crippen MR) is 67.2 cm³/mol. The van der Waals surface area contributed by atoms with Crippen LogP contribution in [0.4, 0.5) is 0 Å². The molecule has 0 atom stereocenters. The smallest absolute Gasteiger partial charge is 0.0659 e. The molecule has 0 unspecified atom stereocenters. The summed E-state index contributed by atoms with van der Waals surface area (Å²) in [6.45, 7) is 8.80. The molecule has 0 amide bonds. The third-order valence-corrected chi connectivity index (χ3v) is 2.59. The van der Waals surface area contributed by atoms with Crippen molar-refractivity contribution in [2.45, 2.75) is 20.4 Å². The Balaban J connectivity index is 2.14. The van der Waals surface area contributed by atoms with Gasteiger partial charge in [0.2, 0.25) is 0 Å². The third kappa shape index (κ3) is 2.40. The van der Waals surface area contributed by atoms with E-state index in [0.29, 0.717) is 0 Å². The van der Waals surface area contributed by atoms with E-state index >= 15 is 0 Å². The number of allylic oxidation sites excluding steroid dienone is 1. The van der Waals surface area contributed by atoms with Crippen LogP contribution in [0.15, 0.2) is 43.2 Å². The Morgan fingerprint density at radius 3 is 2.56 bits per heavy atom. The van der Waals surface area contributed by atoms with E-state index in [2.05, 4.69) is 42.9 Å². The van der Waals surface area contributed by atoms with Gasteiger partial charge in [-0.2, -0.15) is 5.10 Å². The first-order valence-electron chi connectivity index (χ1n) is 5.39. The van der Waals surface area contributed by atoms with Gasteiger partial charge in [-0.1, -0.05) is 36.4 Å². The van der Waals surface area contributed by atoms with Crippen LogP contribution in [0, 0.1) is 6.92 Å². The zero-order chi connectivity index (χ0) is 11.5. The van der Waals surface area contributed by atoms with Crippen LogP contribution in [0.3, 0.4) is 0 Å². The van der Waals surface area contributed by atoms with Gasteiger partial charge in [0.05, 0.1) is 12.7 Å². The molecule has 2 rings (SSSR count). The highest BCUT2D eigenvalue weighted by Crippen LogP contribution is 2.11. The van der Waals surface area contributed by atoms with Crippen LogP contribution in [0.25, 0.3) is 5.57 Å². The Kier molecular flexibility index (Phi) is 2.91. The maximum Gasteiger partial charge on any atom is 0.0659 e. The molecule has 0 saturated heterocycles. The van der Waals surface area contributed by atoms with Gasteiger partial charge in [0.25, 0.3) is 0 Å². The highest BCUT2D eigenvalue weighted by atomic mass is 15.3. The number of benzene rings is 1. The zero-order valence-corrected chi connectivity index (χ0v) is 9.77. The van der Waals surface area contributed by atoms with Crippen molar-refractivity contribution in [1.82, 2.24) is 9.78 Å². The summed E-state index contributed by atoms with van der Waals surface area (Å²) in [5, 5.41) is 4.31. The molecule has 0 bridgehead atoms. The van der Waals surface area contributed by atoms with Gasteiger partial charge in [-0.3, -0.25) is 4.68 Å². The number of aryl methyl sites for hydroxylation is 1. The van der Waals surface area contributed by atoms with Crippen LogP contribution in [0.2, 0.25) is 0 Å². The van der Waals surface area contributed by atoms with Gasteiger partial charge < -0.3 is 0 Å². The minimum absolute atomic E-state index is 0.813. The average molecular weight is 212 g/mol. The van der Waals surface area contributed by atoms with E-state index in [-0.39, 0.29) is 0 Å². The highest BCUT2D eigenvalue weighted by molar-refractivity contribution is 5.59. The molecule has 2 nitrogen and oxygen atoms in total. The Morgan fingerprint density at radius 2 is 2.00 bits per heavy atom. The molecule has 2 heteroatoms. The summed E-state index contributed by atoms with van der Waals surface area (Å²) in [6, 6.07) is 8.52. The van der Waals surface area contributed by atoms with Gasteiger partial charge in [-0.25, -0.2) is 0 Å². The standard InChI is InChI=1S/C14H16N2/c1-11(2)14-8-15-16(10-14)9-13-6-4-12(3)5-7-13/h4-8,10H,1,9H2,2-3H3. The largest absolute Gasteiger partial charge is 0.268 e. The topological polar surface area (TPSA) is 17.8 Å². The first-order chi connectivity index (χ1) is 7.65. The number of nitrogens with zero attached hydrogens (tertiary/aromatic N) is 2. The van der Waals surface area contributed by atoms with Crippen molar-refractivity contribution in [2.24, 2.45) is 0 Å². The van der Waals surface area contributed by atoms with Crippen molar-refractivity contribution < 1.29 is 0 Å². The van der Waals surface area contributed by atoms with Gasteiger partial charge in [-0.15, -0.1) is 0 Å². The molecular formula is C14H16N2. The molecule has 82 valence electrons. The Morgan fingerprint density at radius 1 is 1.31 bits per heavy atom. The van der Waals surface area contributed by atoms with E-state index in [1.165, 1.54) is 11.1 Å². The van der Waals surface area contributed by atoms with E-state index in [0.717, 1.165) is 17.7 Å². The second-order valence-electron chi connectivity index (χ2n) is 4.19. The van der Waals surface area contributed by atoms with Gasteiger partial charge in [-0.05, 0) is 25.0 Å². The van der Waals surface area contributed by atoms with Crippen LogP contribution in [0.1, 0.15) is 23.6 Å². The molecule has 0 spiro atoms. The summed E-state index contributed by atoms with van der Waals surface area (Å²) in [7, 11) is 0. The molecule has 2 aromatic rings. The van der Waals surface area contributed by atoms with Gasteiger partial charge in [0, 0.05) is 11.8 Å². The molecule has 0 aliphatic heterocycles. The molecule has 16 heavy (non-hydrogen) atoms. The Bertz CT molecular complexity index is 492. The number of rotatable bonds is 3. The highest BCUT2D eigenvalue weighted by Gasteiger charge is 1.99. The van der Waals surface area contributed by atoms with E-state index < -0.39 is 0 Å². The predicted octanol–water partition coefficient (Wildman–Crippen LogP) is 3.27. The molecule has 0 N–H and O–H groups in total. The molecule has 0 radical (unpaired) electrons. The second-order valence-corrected chi connectivity index (χ2v) is 4.19. The minimum atomic E-state index is 0.813. The summed E-state index contributed by atoms with van der Waals surface area (Å²) >= 11 is 0. The van der Waals surface area contributed by atoms with Crippen molar-refractivity contribution in [3.8, 4) is 0 Å². The van der Waals surface area contributed by atoms with Crippen LogP contribution in [0.5, 0.6) is 0 Å². The molecule has 1 aromatic heterocycles. The van der Waals surface area contributed by atoms with Crippen molar-refractivity contribution in [3.63, 3.8) is 0 Å². The fraction of sp³-hybridized carbons (Fsp3) is 0.214. The number of hydrogen-bond donors (Lipinski definition) is 0. The Labute approximate surface area is 96.2 Å². The third-order valence-electron chi connectivity index (χ3n) is 2.59. The number of hydrogen-bond acceptors (Lipinski definition) is 1. The van der Waals surface area contributed by atoms with E-state index in [4.69, 9.17) is 0 Å². The lowest BCUT2D eigenvalue weighted by Gasteiger charge is -2.02. The van der Waals surface area contributed by atoms with E-state index in [1.807, 2.05) is 24.0 Å². The zero-order valence-electron chi connectivity index (χ0n) is 9.77. The fourth-order valence-corrected chi connectivity index (χ4v) is 1.55. The van der Waals surface area contributed by atoms with E-state index in [9.17, 15) is 0 Å². The Hall–Kier alpha value is -1.83. The molecule has 0 aliphatic carbocycles. The van der Waals surface area contributed by atoms with Crippen molar-refractivity contribution in [2.75, 3.05) is 0 Å². The average Bonchev–Trinajstić information content (AvgIpc) is 2.70. The van der Waals surface area contributed by atoms with Gasteiger partial charge >= 0.3 is 0 Å². The van der Waals surface area contributed by atoms with Crippen LogP contribution in [-0.2, 0) is 6.54 Å². The van der Waals surface area contributed by atoms with Crippen molar-refractivity contribution in [1.29, 1.82) is 0 Å². The van der Waals surface area contributed by atoms with Crippen LogP contribution in [-0.4, -0.2) is 9.78 Å². The van der Waals surface area contributed by atoms with Crippen molar-refractivity contribution >= 4 is 5.57 Å². The maximum atomic E-state index is 4.31. The van der Waals surface area contributed by atoms with Crippen LogP contribution < -0.4 is 0 Å². The normalized spacial score (nSPS) is 10.4. The molecular weight excluding hydrogens is 196 g/mol. The second kappa shape index (κ2) is 4.35. The summed E-state index contributed by atoms with van der Waals surface area (Å²) in [5.74, 6) is 0. The molecule has 1 heterocycles. The maximum absolute atomic E-state index is 4.31. The summed E-state index contributed by atoms with van der Waals surface area (Å²) in [4.78, 5) is 0. The quantitative estimate of drug-likeness (QED) is 0.763. The fourth-order valence-electron chi connectivity index (χ4n) is 1.55. The SMILES string of the molecule is C=C(C)c1cnn(Cc2ccc(C)cc2)c1. The molecule has 0 saturated carbocycles. The molecule has 0 aliphatic rings. The summed E-state index contributed by atoms with van der Waals surface area (Å²) in [6.07, 6.45) is 3.89. The van der Waals surface area contributed by atoms with Crippen LogP contribution >= 0.6 is 0 Å². The lowest BCUT2D eigenvalue weighted by atomic mass is 10.1. The van der Waals surface area contributed by atoms with Gasteiger partial charge in [0.1, 0.15) is 0 Å². The molecule has 0 fully saturated rings. The first kappa shape index (κ1) is 10.7. The first-order valence-corrected chi connectivity index (χ1v) is 5.39. The van der Waals surface area contributed by atoms with Crippen molar-refractivity contribution in [3.05, 3.63) is 59.9 Å². The summed E-state index contributed by atoms with van der Waals surface area (Å²) < 4.78 is 1.94. The van der Waals surface area contributed by atoms with Gasteiger partial charge in [0.15, 0.2) is 0 Å². The monoisotopic (exact) mass is 212 g/mol. The number of aromatic nitrogens is 2.